The number of nitrogens with zero attached hydrogens (tertiary/aromatic N) is 1. The fourth-order valence-electron chi connectivity index (χ4n) is 1.91. The van der Waals surface area contributed by atoms with Gasteiger partial charge >= 0.3 is 5.97 Å². The van der Waals surface area contributed by atoms with Crippen LogP contribution in [-0.4, -0.2) is 23.9 Å². The van der Waals surface area contributed by atoms with Gasteiger partial charge in [0, 0.05) is 18.6 Å². The van der Waals surface area contributed by atoms with E-state index >= 15 is 0 Å². The van der Waals surface area contributed by atoms with Crippen molar-refractivity contribution in [1.29, 1.82) is 0 Å². The molecule has 5 nitrogen and oxygen atoms in total. The number of phenols is 1. The monoisotopic (exact) mass is 337 g/mol. The Bertz CT molecular complexity index is 753. The third kappa shape index (κ3) is 3.78. The second kappa shape index (κ2) is 7.11. The Kier molecular flexibility index (Phi) is 5.18. The number of hydrogen-bond donors (Lipinski definition) is 1. The van der Waals surface area contributed by atoms with Crippen LogP contribution in [0.15, 0.2) is 41.6 Å². The summed E-state index contributed by atoms with van der Waals surface area (Å²) in [6.45, 7) is 1.15. The largest absolute Gasteiger partial charge is 0.507 e. The van der Waals surface area contributed by atoms with Gasteiger partial charge in [0.05, 0.1) is 17.7 Å². The summed E-state index contributed by atoms with van der Waals surface area (Å²) in [5.41, 5.74) is -0.0570. The van der Waals surface area contributed by atoms with Gasteiger partial charge in [-0.15, -0.1) is 0 Å². The maximum atomic E-state index is 14.1. The molecule has 0 aromatic heterocycles. The highest BCUT2D eigenvalue weighted by atomic mass is 35.5. The van der Waals surface area contributed by atoms with Gasteiger partial charge in [-0.1, -0.05) is 28.9 Å². The molecule has 0 heterocycles. The van der Waals surface area contributed by atoms with Crippen LogP contribution in [0.1, 0.15) is 18.1 Å². The number of hydrogen-bond acceptors (Lipinski definition) is 5. The predicted octanol–water partition coefficient (Wildman–Crippen LogP) is 3.51. The van der Waals surface area contributed by atoms with Gasteiger partial charge in [0.15, 0.2) is 0 Å². The third-order valence-electron chi connectivity index (χ3n) is 2.91. The van der Waals surface area contributed by atoms with E-state index in [-0.39, 0.29) is 27.6 Å². The van der Waals surface area contributed by atoms with E-state index in [2.05, 4.69) is 9.99 Å². The number of ether oxygens (including phenoxy) is 1. The molecule has 2 rings (SSSR count). The van der Waals surface area contributed by atoms with Crippen LogP contribution in [0.2, 0.25) is 5.02 Å². The summed E-state index contributed by atoms with van der Waals surface area (Å²) in [5, 5.41) is 13.9. The minimum Gasteiger partial charge on any atom is -0.507 e. The summed E-state index contributed by atoms with van der Waals surface area (Å²) in [7, 11) is 1.41. The lowest BCUT2D eigenvalue weighted by Crippen LogP contribution is -2.09. The molecule has 0 bridgehead atoms. The number of carbonyl (C=O) groups is 1. The average Bonchev–Trinajstić information content (AvgIpc) is 2.50. The highest BCUT2D eigenvalue weighted by Gasteiger charge is 2.21. The molecule has 0 fully saturated rings. The van der Waals surface area contributed by atoms with E-state index in [1.165, 1.54) is 37.4 Å². The lowest BCUT2D eigenvalue weighted by atomic mass is 10.0. The van der Waals surface area contributed by atoms with Crippen LogP contribution in [-0.2, 0) is 9.63 Å². The maximum absolute atomic E-state index is 14.1. The van der Waals surface area contributed by atoms with Crippen molar-refractivity contribution in [3.8, 4) is 11.5 Å². The minimum atomic E-state index is -0.692. The first-order valence-corrected chi connectivity index (χ1v) is 6.89. The lowest BCUT2D eigenvalue weighted by molar-refractivity contribution is -0.140. The molecule has 7 heteroatoms. The van der Waals surface area contributed by atoms with Crippen LogP contribution in [0.5, 0.6) is 11.5 Å². The molecular weight excluding hydrogens is 325 g/mol. The van der Waals surface area contributed by atoms with Crippen LogP contribution < -0.4 is 4.74 Å². The molecule has 0 aliphatic rings. The Morgan fingerprint density at radius 2 is 2.00 bits per heavy atom. The molecule has 0 atom stereocenters. The van der Waals surface area contributed by atoms with Gasteiger partial charge in [-0.3, -0.25) is 0 Å². The van der Waals surface area contributed by atoms with E-state index < -0.39 is 11.8 Å². The zero-order chi connectivity index (χ0) is 17.0. The van der Waals surface area contributed by atoms with Gasteiger partial charge in [0.2, 0.25) is 0 Å². The number of halogens is 2. The molecule has 2 aromatic rings. The number of carbonyl (C=O) groups excluding carboxylic acids is 1. The number of aromatic hydroxyl groups is 1. The summed E-state index contributed by atoms with van der Waals surface area (Å²) >= 11 is 6.14. The standard InChI is InChI=1S/C16H13ClFNO4/c1-9(20)23-19-16(11-5-3-4-6-13(11)18)15-12(17)7-10(22-2)8-14(15)21/h3-8,21H,1-2H3/b19-16-. The van der Waals surface area contributed by atoms with Crippen molar-refractivity contribution < 1.29 is 23.9 Å². The van der Waals surface area contributed by atoms with Crippen LogP contribution in [0, 0.1) is 5.82 Å². The Hall–Kier alpha value is -2.60. The molecule has 1 N–H and O–H groups in total. The van der Waals surface area contributed by atoms with E-state index in [0.717, 1.165) is 6.92 Å². The summed E-state index contributed by atoms with van der Waals surface area (Å²) in [5.74, 6) is -1.27. The van der Waals surface area contributed by atoms with E-state index in [1.807, 2.05) is 0 Å². The second-order valence-corrected chi connectivity index (χ2v) is 4.91. The van der Waals surface area contributed by atoms with Crippen molar-refractivity contribution in [1.82, 2.24) is 0 Å². The van der Waals surface area contributed by atoms with Crippen molar-refractivity contribution in [2.24, 2.45) is 5.16 Å². The van der Waals surface area contributed by atoms with Crippen LogP contribution in [0.4, 0.5) is 4.39 Å². The van der Waals surface area contributed by atoms with Crippen molar-refractivity contribution in [3.05, 3.63) is 58.4 Å². The van der Waals surface area contributed by atoms with E-state index in [0.29, 0.717) is 5.75 Å². The third-order valence-corrected chi connectivity index (χ3v) is 3.21. The smallest absolute Gasteiger partial charge is 0.332 e. The van der Waals surface area contributed by atoms with Gasteiger partial charge in [-0.25, -0.2) is 9.18 Å². The van der Waals surface area contributed by atoms with Gasteiger partial charge in [0.1, 0.15) is 23.0 Å². The van der Waals surface area contributed by atoms with Crippen molar-refractivity contribution in [3.63, 3.8) is 0 Å². The van der Waals surface area contributed by atoms with Crippen molar-refractivity contribution in [2.45, 2.75) is 6.92 Å². The molecule has 0 spiro atoms. The number of methoxy groups -OCH3 is 1. The topological polar surface area (TPSA) is 68.1 Å². The normalized spacial score (nSPS) is 11.2. The Morgan fingerprint density at radius 1 is 1.30 bits per heavy atom. The first-order valence-electron chi connectivity index (χ1n) is 6.51. The quantitative estimate of drug-likeness (QED) is 0.526. The van der Waals surface area contributed by atoms with Gasteiger partial charge in [-0.05, 0) is 18.2 Å². The zero-order valence-electron chi connectivity index (χ0n) is 12.3. The Labute approximate surface area is 136 Å². The van der Waals surface area contributed by atoms with E-state index in [1.54, 1.807) is 6.07 Å². The summed E-state index contributed by atoms with van der Waals surface area (Å²) < 4.78 is 19.1. The minimum absolute atomic E-state index is 0.0242. The molecule has 0 unspecified atom stereocenters. The molecule has 0 aliphatic carbocycles. The van der Waals surface area contributed by atoms with Crippen LogP contribution in [0.3, 0.4) is 0 Å². The van der Waals surface area contributed by atoms with Crippen LogP contribution >= 0.6 is 11.6 Å². The molecule has 0 amide bonds. The highest BCUT2D eigenvalue weighted by Crippen LogP contribution is 2.34. The molecular formula is C16H13ClFNO4. The number of phenolic OH excluding ortho intramolecular Hbond substituents is 1. The Morgan fingerprint density at radius 3 is 2.57 bits per heavy atom. The Balaban J connectivity index is 2.67. The van der Waals surface area contributed by atoms with Crippen molar-refractivity contribution in [2.75, 3.05) is 7.11 Å². The fourth-order valence-corrected chi connectivity index (χ4v) is 2.21. The van der Waals surface area contributed by atoms with Crippen molar-refractivity contribution >= 4 is 23.3 Å². The first kappa shape index (κ1) is 16.8. The summed E-state index contributed by atoms with van der Waals surface area (Å²) in [6.07, 6.45) is 0. The summed E-state index contributed by atoms with van der Waals surface area (Å²) in [4.78, 5) is 15.6. The number of benzene rings is 2. The average molecular weight is 338 g/mol. The molecule has 23 heavy (non-hydrogen) atoms. The zero-order valence-corrected chi connectivity index (χ0v) is 13.1. The maximum Gasteiger partial charge on any atom is 0.332 e. The molecule has 0 radical (unpaired) electrons. The predicted molar refractivity (Wildman–Crippen MR) is 83.5 cm³/mol. The van der Waals surface area contributed by atoms with E-state index in [9.17, 15) is 14.3 Å². The first-order chi connectivity index (χ1) is 10.9. The second-order valence-electron chi connectivity index (χ2n) is 4.51. The molecule has 0 saturated heterocycles. The fraction of sp³-hybridized carbons (Fsp3) is 0.125. The number of oxime groups is 1. The SMILES string of the molecule is COc1cc(O)c(/C(=N\OC(C)=O)c2ccccc2F)c(Cl)c1. The van der Waals surface area contributed by atoms with Crippen LogP contribution in [0.25, 0.3) is 0 Å². The molecule has 0 aliphatic heterocycles. The van der Waals surface area contributed by atoms with Gasteiger partial charge in [-0.2, -0.15) is 0 Å². The summed E-state index contributed by atoms with van der Waals surface area (Å²) in [6, 6.07) is 8.45. The molecule has 120 valence electrons. The molecule has 0 saturated carbocycles. The van der Waals surface area contributed by atoms with Gasteiger partial charge < -0.3 is 14.7 Å². The van der Waals surface area contributed by atoms with E-state index in [4.69, 9.17) is 16.3 Å². The molecule has 2 aromatic carbocycles. The highest BCUT2D eigenvalue weighted by molar-refractivity contribution is 6.36. The van der Waals surface area contributed by atoms with Gasteiger partial charge in [0.25, 0.3) is 0 Å². The number of rotatable bonds is 4. The lowest BCUT2D eigenvalue weighted by Gasteiger charge is -2.12.